The van der Waals surface area contributed by atoms with Crippen molar-refractivity contribution in [2.24, 2.45) is 10.8 Å². The van der Waals surface area contributed by atoms with Crippen molar-refractivity contribution in [2.45, 2.75) is 92.9 Å². The van der Waals surface area contributed by atoms with Gasteiger partial charge in [-0.15, -0.1) is 0 Å². The Bertz CT molecular complexity index is 173. The van der Waals surface area contributed by atoms with Crippen molar-refractivity contribution >= 4 is 0 Å². The summed E-state index contributed by atoms with van der Waals surface area (Å²) in [7, 11) is 0. The Morgan fingerprint density at radius 3 is 1.53 bits per heavy atom. The van der Waals surface area contributed by atoms with Crippen LogP contribution in [-0.2, 0) is 4.74 Å². The summed E-state index contributed by atoms with van der Waals surface area (Å²) in [6, 6.07) is 0. The summed E-state index contributed by atoms with van der Waals surface area (Å²) in [5, 5.41) is 0. The van der Waals surface area contributed by atoms with Gasteiger partial charge in [-0.3, -0.25) is 0 Å². The zero-order valence-corrected chi connectivity index (χ0v) is 14.5. The molecule has 19 heavy (non-hydrogen) atoms. The van der Waals surface area contributed by atoms with Crippen molar-refractivity contribution in [3.8, 4) is 0 Å². The molecular weight excluding hydrogens is 232 g/mol. The first-order valence-corrected chi connectivity index (χ1v) is 8.28. The lowest BCUT2D eigenvalue weighted by Crippen LogP contribution is -2.07. The van der Waals surface area contributed by atoms with Gasteiger partial charge in [0.25, 0.3) is 0 Å². The summed E-state index contributed by atoms with van der Waals surface area (Å²) in [5.41, 5.74) is 0.965. The van der Waals surface area contributed by atoms with E-state index in [0.29, 0.717) is 10.8 Å². The van der Waals surface area contributed by atoms with Crippen LogP contribution in [0.3, 0.4) is 0 Å². The van der Waals surface area contributed by atoms with Gasteiger partial charge in [-0.2, -0.15) is 0 Å². The number of unbranched alkanes of at least 4 members (excludes halogenated alkanes) is 4. The monoisotopic (exact) mass is 270 g/mol. The molecule has 0 aliphatic carbocycles. The zero-order valence-electron chi connectivity index (χ0n) is 14.5. The summed E-state index contributed by atoms with van der Waals surface area (Å²) in [4.78, 5) is 0. The van der Waals surface area contributed by atoms with E-state index in [1.807, 2.05) is 0 Å². The smallest absolute Gasteiger partial charge is 0.0466 e. The van der Waals surface area contributed by atoms with Crippen LogP contribution in [0, 0.1) is 10.8 Å². The lowest BCUT2D eigenvalue weighted by molar-refractivity contribution is 0.118. The minimum absolute atomic E-state index is 0.455. The molecule has 0 aromatic heterocycles. The maximum atomic E-state index is 5.69. The maximum absolute atomic E-state index is 5.69. The minimum Gasteiger partial charge on any atom is -0.381 e. The molecule has 0 N–H and O–H groups in total. The molecule has 0 bridgehead atoms. The van der Waals surface area contributed by atoms with Gasteiger partial charge >= 0.3 is 0 Å². The second-order valence-electron chi connectivity index (χ2n) is 8.36. The van der Waals surface area contributed by atoms with Gasteiger partial charge in [-0.1, -0.05) is 67.2 Å². The molecule has 0 fully saturated rings. The lowest BCUT2D eigenvalue weighted by Gasteiger charge is -2.17. The Labute approximate surface area is 122 Å². The summed E-state index contributed by atoms with van der Waals surface area (Å²) < 4.78 is 5.69. The van der Waals surface area contributed by atoms with Gasteiger partial charge < -0.3 is 4.74 Å². The summed E-state index contributed by atoms with van der Waals surface area (Å²) in [6.07, 6.45) is 10.6. The predicted molar refractivity (Wildman–Crippen MR) is 86.7 cm³/mol. The molecule has 116 valence electrons. The molecule has 0 rings (SSSR count). The Kier molecular flexibility index (Phi) is 9.78. The molecule has 0 saturated heterocycles. The SMILES string of the molecule is CC(C)(C)CCCCCCCOCCCC(C)(C)C. The van der Waals surface area contributed by atoms with Crippen LogP contribution in [0.1, 0.15) is 92.9 Å². The van der Waals surface area contributed by atoms with E-state index in [0.717, 1.165) is 13.2 Å². The first kappa shape index (κ1) is 19.0. The van der Waals surface area contributed by atoms with Crippen LogP contribution in [0.25, 0.3) is 0 Å². The van der Waals surface area contributed by atoms with Crippen LogP contribution in [0.2, 0.25) is 0 Å². The fourth-order valence-electron chi connectivity index (χ4n) is 2.20. The minimum atomic E-state index is 0.455. The van der Waals surface area contributed by atoms with Crippen molar-refractivity contribution < 1.29 is 4.74 Å². The number of rotatable bonds is 10. The van der Waals surface area contributed by atoms with Crippen molar-refractivity contribution in [3.05, 3.63) is 0 Å². The molecule has 0 unspecified atom stereocenters. The van der Waals surface area contributed by atoms with E-state index in [-0.39, 0.29) is 0 Å². The molecule has 0 saturated carbocycles. The Morgan fingerprint density at radius 1 is 0.526 bits per heavy atom. The van der Waals surface area contributed by atoms with E-state index in [4.69, 9.17) is 4.74 Å². The number of hydrogen-bond donors (Lipinski definition) is 0. The molecule has 1 heteroatoms. The second-order valence-corrected chi connectivity index (χ2v) is 8.36. The van der Waals surface area contributed by atoms with Crippen molar-refractivity contribution in [3.63, 3.8) is 0 Å². The average Bonchev–Trinajstić information content (AvgIpc) is 2.22. The van der Waals surface area contributed by atoms with Gasteiger partial charge in [0.15, 0.2) is 0 Å². The lowest BCUT2D eigenvalue weighted by atomic mass is 9.89. The molecule has 0 aliphatic rings. The Balaban J connectivity index is 3.12. The first-order valence-electron chi connectivity index (χ1n) is 8.28. The molecule has 0 radical (unpaired) electrons. The highest BCUT2D eigenvalue weighted by atomic mass is 16.5. The Hall–Kier alpha value is -0.0400. The van der Waals surface area contributed by atoms with E-state index >= 15 is 0 Å². The van der Waals surface area contributed by atoms with Gasteiger partial charge in [0, 0.05) is 13.2 Å². The van der Waals surface area contributed by atoms with E-state index in [1.165, 1.54) is 51.4 Å². The third kappa shape index (κ3) is 18.0. The second kappa shape index (κ2) is 9.80. The fourth-order valence-corrected chi connectivity index (χ4v) is 2.20. The van der Waals surface area contributed by atoms with Crippen molar-refractivity contribution in [2.75, 3.05) is 13.2 Å². The van der Waals surface area contributed by atoms with E-state index < -0.39 is 0 Å². The molecule has 0 atom stereocenters. The van der Waals surface area contributed by atoms with Crippen LogP contribution in [-0.4, -0.2) is 13.2 Å². The highest BCUT2D eigenvalue weighted by Crippen LogP contribution is 2.22. The highest BCUT2D eigenvalue weighted by molar-refractivity contribution is 4.61. The third-order valence-corrected chi connectivity index (χ3v) is 3.43. The van der Waals surface area contributed by atoms with Crippen LogP contribution in [0.15, 0.2) is 0 Å². The first-order chi connectivity index (χ1) is 8.71. The van der Waals surface area contributed by atoms with Gasteiger partial charge in [0.2, 0.25) is 0 Å². The maximum Gasteiger partial charge on any atom is 0.0466 e. The van der Waals surface area contributed by atoms with Crippen molar-refractivity contribution in [1.82, 2.24) is 0 Å². The zero-order chi connectivity index (χ0) is 14.8. The van der Waals surface area contributed by atoms with E-state index in [2.05, 4.69) is 41.5 Å². The van der Waals surface area contributed by atoms with Gasteiger partial charge in [-0.25, -0.2) is 0 Å². The fraction of sp³-hybridized carbons (Fsp3) is 1.00. The normalized spacial score (nSPS) is 12.9. The molecule has 0 spiro atoms. The van der Waals surface area contributed by atoms with Crippen LogP contribution < -0.4 is 0 Å². The molecule has 0 aromatic carbocycles. The molecule has 1 nitrogen and oxygen atoms in total. The summed E-state index contributed by atoms with van der Waals surface area (Å²) >= 11 is 0. The summed E-state index contributed by atoms with van der Waals surface area (Å²) in [6.45, 7) is 15.8. The summed E-state index contributed by atoms with van der Waals surface area (Å²) in [5.74, 6) is 0. The molecule has 0 amide bonds. The molecule has 0 aliphatic heterocycles. The van der Waals surface area contributed by atoms with E-state index in [9.17, 15) is 0 Å². The van der Waals surface area contributed by atoms with Gasteiger partial charge in [0.05, 0.1) is 0 Å². The Morgan fingerprint density at radius 2 is 0.947 bits per heavy atom. The van der Waals surface area contributed by atoms with Crippen LogP contribution >= 0.6 is 0 Å². The average molecular weight is 271 g/mol. The highest BCUT2D eigenvalue weighted by Gasteiger charge is 2.09. The quantitative estimate of drug-likeness (QED) is 0.428. The largest absolute Gasteiger partial charge is 0.381 e. The third-order valence-electron chi connectivity index (χ3n) is 3.43. The van der Waals surface area contributed by atoms with Gasteiger partial charge in [-0.05, 0) is 36.5 Å². The number of ether oxygens (including phenoxy) is 1. The predicted octanol–water partition coefficient (Wildman–Crippen LogP) is 6.22. The van der Waals surface area contributed by atoms with Gasteiger partial charge in [0.1, 0.15) is 0 Å². The molecule has 0 aromatic rings. The van der Waals surface area contributed by atoms with E-state index in [1.54, 1.807) is 0 Å². The van der Waals surface area contributed by atoms with Crippen LogP contribution in [0.5, 0.6) is 0 Å². The van der Waals surface area contributed by atoms with Crippen molar-refractivity contribution in [1.29, 1.82) is 0 Å². The van der Waals surface area contributed by atoms with Crippen LogP contribution in [0.4, 0.5) is 0 Å². The standard InChI is InChI=1S/C18H38O/c1-17(2,3)13-10-8-7-9-11-15-19-16-12-14-18(4,5)6/h7-16H2,1-6H3. The molecule has 0 heterocycles. The number of hydrogen-bond acceptors (Lipinski definition) is 1. The topological polar surface area (TPSA) is 9.23 Å². The molecular formula is C18H38O.